The smallest absolute Gasteiger partial charge is 0.0237 e. The van der Waals surface area contributed by atoms with Crippen molar-refractivity contribution in [2.45, 2.75) is 19.9 Å². The minimum absolute atomic E-state index is 0.578. The number of nitrogens with two attached hydrogens (primary N) is 1. The third-order valence-corrected chi connectivity index (χ3v) is 2.52. The fourth-order valence-electron chi connectivity index (χ4n) is 1.75. The van der Waals surface area contributed by atoms with Gasteiger partial charge in [-0.05, 0) is 24.1 Å². The fourth-order valence-corrected chi connectivity index (χ4v) is 1.75. The van der Waals surface area contributed by atoms with Gasteiger partial charge in [-0.15, -0.1) is 0 Å². The number of nitrogens with zero attached hydrogens (tertiary/aromatic N) is 1. The largest absolute Gasteiger partial charge is 0.327 e. The average Bonchev–Trinajstić information content (AvgIpc) is 2.30. The van der Waals surface area contributed by atoms with E-state index in [1.807, 2.05) is 6.07 Å². The first-order chi connectivity index (χ1) is 7.76. The third kappa shape index (κ3) is 4.60. The Labute approximate surface area is 98.8 Å². The van der Waals surface area contributed by atoms with Crippen molar-refractivity contribution in [3.8, 4) is 0 Å². The van der Waals surface area contributed by atoms with Crippen LogP contribution in [0.3, 0.4) is 0 Å². The summed E-state index contributed by atoms with van der Waals surface area (Å²) in [4.78, 5) is 2.39. The highest BCUT2D eigenvalue weighted by Gasteiger charge is 2.05. The Kier molecular flexibility index (Phi) is 5.83. The van der Waals surface area contributed by atoms with Crippen molar-refractivity contribution in [2.24, 2.45) is 5.73 Å². The Morgan fingerprint density at radius 3 is 2.56 bits per heavy atom. The molecular weight excluding hydrogens is 196 g/mol. The van der Waals surface area contributed by atoms with Gasteiger partial charge in [0, 0.05) is 19.6 Å². The van der Waals surface area contributed by atoms with E-state index in [9.17, 15) is 0 Å². The van der Waals surface area contributed by atoms with Crippen molar-refractivity contribution >= 4 is 0 Å². The van der Waals surface area contributed by atoms with E-state index in [0.29, 0.717) is 6.54 Å². The third-order valence-electron chi connectivity index (χ3n) is 2.52. The summed E-state index contributed by atoms with van der Waals surface area (Å²) < 4.78 is 0. The molecule has 88 valence electrons. The summed E-state index contributed by atoms with van der Waals surface area (Å²) in [5, 5.41) is 0. The molecule has 0 amide bonds. The Morgan fingerprint density at radius 1 is 1.31 bits per heavy atom. The summed E-state index contributed by atoms with van der Waals surface area (Å²) in [6.07, 6.45) is 1.16. The van der Waals surface area contributed by atoms with E-state index in [4.69, 9.17) is 5.73 Å². The molecule has 1 aromatic rings. The van der Waals surface area contributed by atoms with Crippen LogP contribution < -0.4 is 5.73 Å². The minimum Gasteiger partial charge on any atom is -0.327 e. The highest BCUT2D eigenvalue weighted by atomic mass is 15.1. The zero-order valence-corrected chi connectivity index (χ0v) is 10.2. The van der Waals surface area contributed by atoms with Crippen molar-refractivity contribution in [3.63, 3.8) is 0 Å². The molecule has 0 aliphatic carbocycles. The van der Waals surface area contributed by atoms with Crippen LogP contribution in [0.5, 0.6) is 0 Å². The van der Waals surface area contributed by atoms with Crippen molar-refractivity contribution in [2.75, 3.05) is 19.6 Å². The minimum atomic E-state index is 0.578. The SMILES string of the molecule is C=C(CN)CN(CCC)Cc1ccccc1. The van der Waals surface area contributed by atoms with Crippen LogP contribution in [0.15, 0.2) is 42.5 Å². The first-order valence-corrected chi connectivity index (χ1v) is 5.89. The monoisotopic (exact) mass is 218 g/mol. The second kappa shape index (κ2) is 7.20. The van der Waals surface area contributed by atoms with Gasteiger partial charge >= 0.3 is 0 Å². The van der Waals surface area contributed by atoms with Crippen molar-refractivity contribution in [3.05, 3.63) is 48.0 Å². The molecule has 0 saturated carbocycles. The lowest BCUT2D eigenvalue weighted by Gasteiger charge is -2.22. The van der Waals surface area contributed by atoms with Gasteiger partial charge in [-0.1, -0.05) is 43.8 Å². The van der Waals surface area contributed by atoms with Gasteiger partial charge in [-0.2, -0.15) is 0 Å². The van der Waals surface area contributed by atoms with E-state index < -0.39 is 0 Å². The van der Waals surface area contributed by atoms with Crippen molar-refractivity contribution in [1.29, 1.82) is 0 Å². The second-order valence-corrected chi connectivity index (χ2v) is 4.15. The van der Waals surface area contributed by atoms with Crippen LogP contribution in [0, 0.1) is 0 Å². The van der Waals surface area contributed by atoms with Crippen molar-refractivity contribution in [1.82, 2.24) is 4.90 Å². The van der Waals surface area contributed by atoms with Gasteiger partial charge in [-0.3, -0.25) is 4.90 Å². The number of rotatable bonds is 7. The molecular formula is C14H22N2. The van der Waals surface area contributed by atoms with Gasteiger partial charge in [0.25, 0.3) is 0 Å². The normalized spacial score (nSPS) is 10.7. The molecule has 0 aromatic heterocycles. The molecule has 2 heteroatoms. The molecule has 16 heavy (non-hydrogen) atoms. The molecule has 1 rings (SSSR count). The van der Waals surface area contributed by atoms with E-state index in [1.54, 1.807) is 0 Å². The van der Waals surface area contributed by atoms with Gasteiger partial charge in [0.15, 0.2) is 0 Å². The Bertz CT molecular complexity index is 306. The van der Waals surface area contributed by atoms with Gasteiger partial charge in [0.05, 0.1) is 0 Å². The summed E-state index contributed by atoms with van der Waals surface area (Å²) in [5.41, 5.74) is 8.03. The van der Waals surface area contributed by atoms with Crippen LogP contribution in [0.25, 0.3) is 0 Å². The molecule has 0 radical (unpaired) electrons. The average molecular weight is 218 g/mol. The lowest BCUT2D eigenvalue weighted by atomic mass is 10.2. The maximum absolute atomic E-state index is 5.58. The van der Waals surface area contributed by atoms with Crippen LogP contribution in [0.4, 0.5) is 0 Å². The Morgan fingerprint density at radius 2 is 2.00 bits per heavy atom. The number of hydrogen-bond donors (Lipinski definition) is 1. The summed E-state index contributed by atoms with van der Waals surface area (Å²) in [7, 11) is 0. The summed E-state index contributed by atoms with van der Waals surface area (Å²) in [6.45, 7) is 9.72. The molecule has 0 unspecified atom stereocenters. The lowest BCUT2D eigenvalue weighted by molar-refractivity contribution is 0.288. The van der Waals surface area contributed by atoms with E-state index in [2.05, 4.69) is 42.7 Å². The molecule has 0 aliphatic heterocycles. The second-order valence-electron chi connectivity index (χ2n) is 4.15. The van der Waals surface area contributed by atoms with Gasteiger partial charge in [0.2, 0.25) is 0 Å². The summed E-state index contributed by atoms with van der Waals surface area (Å²) >= 11 is 0. The zero-order chi connectivity index (χ0) is 11.8. The van der Waals surface area contributed by atoms with E-state index in [1.165, 1.54) is 5.56 Å². The van der Waals surface area contributed by atoms with Gasteiger partial charge in [0.1, 0.15) is 0 Å². The quantitative estimate of drug-likeness (QED) is 0.712. The first kappa shape index (κ1) is 12.9. The maximum atomic E-state index is 5.58. The van der Waals surface area contributed by atoms with Crippen LogP contribution in [0.1, 0.15) is 18.9 Å². The number of hydrogen-bond acceptors (Lipinski definition) is 2. The molecule has 1 aromatic carbocycles. The highest BCUT2D eigenvalue weighted by Crippen LogP contribution is 2.06. The van der Waals surface area contributed by atoms with Crippen LogP contribution in [-0.2, 0) is 6.54 Å². The number of benzene rings is 1. The Hall–Kier alpha value is -1.12. The maximum Gasteiger partial charge on any atom is 0.0237 e. The van der Waals surface area contributed by atoms with E-state index in [0.717, 1.165) is 31.6 Å². The molecule has 0 saturated heterocycles. The van der Waals surface area contributed by atoms with E-state index in [-0.39, 0.29) is 0 Å². The van der Waals surface area contributed by atoms with Crippen LogP contribution >= 0.6 is 0 Å². The predicted molar refractivity (Wildman–Crippen MR) is 70.2 cm³/mol. The Balaban J connectivity index is 2.54. The zero-order valence-electron chi connectivity index (χ0n) is 10.2. The summed E-state index contributed by atoms with van der Waals surface area (Å²) in [5.74, 6) is 0. The van der Waals surface area contributed by atoms with Crippen molar-refractivity contribution < 1.29 is 0 Å². The first-order valence-electron chi connectivity index (χ1n) is 5.89. The highest BCUT2D eigenvalue weighted by molar-refractivity contribution is 5.15. The fraction of sp³-hybridized carbons (Fsp3) is 0.429. The van der Waals surface area contributed by atoms with Crippen LogP contribution in [0.2, 0.25) is 0 Å². The van der Waals surface area contributed by atoms with Crippen LogP contribution in [-0.4, -0.2) is 24.5 Å². The van der Waals surface area contributed by atoms with Gasteiger partial charge in [-0.25, -0.2) is 0 Å². The molecule has 0 spiro atoms. The lowest BCUT2D eigenvalue weighted by Crippen LogP contribution is -2.28. The molecule has 0 aliphatic rings. The standard InChI is InChI=1S/C14H22N2/c1-3-9-16(11-13(2)10-15)12-14-7-5-4-6-8-14/h4-8H,2-3,9-12,15H2,1H3. The van der Waals surface area contributed by atoms with Gasteiger partial charge < -0.3 is 5.73 Å². The molecule has 0 bridgehead atoms. The summed E-state index contributed by atoms with van der Waals surface area (Å²) in [6, 6.07) is 10.5. The molecule has 0 atom stereocenters. The molecule has 2 nitrogen and oxygen atoms in total. The van der Waals surface area contributed by atoms with E-state index >= 15 is 0 Å². The predicted octanol–water partition coefficient (Wildman–Crippen LogP) is 2.41. The molecule has 2 N–H and O–H groups in total. The topological polar surface area (TPSA) is 29.3 Å². The molecule has 0 fully saturated rings. The molecule has 0 heterocycles.